The summed E-state index contributed by atoms with van der Waals surface area (Å²) in [7, 11) is 2.18. The van der Waals surface area contributed by atoms with E-state index in [1.807, 2.05) is 17.0 Å². The Labute approximate surface area is 160 Å². The molecule has 2 heterocycles. The SMILES string of the molecule is CN1CCCC(COc2cccc(CN(C(=O)c3ccco3)C3CC3)c2)C1. The molecule has 1 saturated heterocycles. The van der Waals surface area contributed by atoms with E-state index in [1.54, 1.807) is 18.4 Å². The number of nitrogens with zero attached hydrogens (tertiary/aromatic N) is 2. The molecular formula is C22H28N2O3. The minimum absolute atomic E-state index is 0.0286. The van der Waals surface area contributed by atoms with E-state index in [0.717, 1.165) is 37.3 Å². The van der Waals surface area contributed by atoms with Crippen molar-refractivity contribution in [2.75, 3.05) is 26.7 Å². The lowest BCUT2D eigenvalue weighted by molar-refractivity contribution is 0.0697. The zero-order valence-corrected chi connectivity index (χ0v) is 16.0. The Kier molecular flexibility index (Phi) is 5.48. The fourth-order valence-corrected chi connectivity index (χ4v) is 3.85. The molecule has 1 aliphatic carbocycles. The minimum atomic E-state index is -0.0286. The van der Waals surface area contributed by atoms with Gasteiger partial charge in [-0.3, -0.25) is 4.79 Å². The number of hydrogen-bond acceptors (Lipinski definition) is 4. The predicted molar refractivity (Wildman–Crippen MR) is 104 cm³/mol. The summed E-state index contributed by atoms with van der Waals surface area (Å²) in [6, 6.07) is 12.0. The Bertz CT molecular complexity index is 755. The fourth-order valence-electron chi connectivity index (χ4n) is 3.85. The van der Waals surface area contributed by atoms with E-state index in [9.17, 15) is 4.79 Å². The van der Waals surface area contributed by atoms with E-state index in [4.69, 9.17) is 9.15 Å². The highest BCUT2D eigenvalue weighted by Crippen LogP contribution is 2.30. The number of ether oxygens (including phenoxy) is 1. The average molecular weight is 368 g/mol. The van der Waals surface area contributed by atoms with Gasteiger partial charge in [-0.25, -0.2) is 0 Å². The first-order chi connectivity index (χ1) is 13.2. The maximum atomic E-state index is 12.7. The number of furan rings is 1. The van der Waals surface area contributed by atoms with Crippen LogP contribution in [-0.4, -0.2) is 48.5 Å². The number of piperidine rings is 1. The Morgan fingerprint density at radius 1 is 1.26 bits per heavy atom. The van der Waals surface area contributed by atoms with Gasteiger partial charge in [0.2, 0.25) is 0 Å². The molecule has 1 atom stereocenters. The van der Waals surface area contributed by atoms with Crippen LogP contribution in [0.25, 0.3) is 0 Å². The van der Waals surface area contributed by atoms with Crippen molar-refractivity contribution >= 4 is 5.91 Å². The van der Waals surface area contributed by atoms with Crippen molar-refractivity contribution in [1.29, 1.82) is 0 Å². The van der Waals surface area contributed by atoms with Crippen LogP contribution in [0, 0.1) is 5.92 Å². The molecule has 144 valence electrons. The van der Waals surface area contributed by atoms with Crippen molar-refractivity contribution in [3.63, 3.8) is 0 Å². The second-order valence-corrected chi connectivity index (χ2v) is 7.87. The Balaban J connectivity index is 1.38. The van der Waals surface area contributed by atoms with Crippen molar-refractivity contribution in [2.45, 2.75) is 38.3 Å². The number of carbonyl (C=O) groups is 1. The molecule has 2 aliphatic rings. The van der Waals surface area contributed by atoms with E-state index in [-0.39, 0.29) is 5.91 Å². The fraction of sp³-hybridized carbons (Fsp3) is 0.500. The van der Waals surface area contributed by atoms with Crippen molar-refractivity contribution in [3.8, 4) is 5.75 Å². The topological polar surface area (TPSA) is 45.9 Å². The van der Waals surface area contributed by atoms with Crippen molar-refractivity contribution in [2.24, 2.45) is 5.92 Å². The molecule has 0 spiro atoms. The molecule has 1 aromatic heterocycles. The highest BCUT2D eigenvalue weighted by molar-refractivity contribution is 5.91. The molecule has 1 aromatic carbocycles. The number of hydrogen-bond donors (Lipinski definition) is 0. The normalized spacial score (nSPS) is 20.4. The molecular weight excluding hydrogens is 340 g/mol. The zero-order valence-electron chi connectivity index (χ0n) is 16.0. The van der Waals surface area contributed by atoms with Crippen LogP contribution in [0.4, 0.5) is 0 Å². The maximum Gasteiger partial charge on any atom is 0.290 e. The first kappa shape index (κ1) is 18.1. The molecule has 0 N–H and O–H groups in total. The van der Waals surface area contributed by atoms with Crippen LogP contribution in [0.1, 0.15) is 41.8 Å². The number of benzene rings is 1. The maximum absolute atomic E-state index is 12.7. The van der Waals surface area contributed by atoms with Crippen LogP contribution in [0.15, 0.2) is 47.1 Å². The Morgan fingerprint density at radius 2 is 2.15 bits per heavy atom. The monoisotopic (exact) mass is 368 g/mol. The van der Waals surface area contributed by atoms with Gasteiger partial charge in [-0.15, -0.1) is 0 Å². The molecule has 0 bridgehead atoms. The summed E-state index contributed by atoms with van der Waals surface area (Å²) in [4.78, 5) is 17.0. The summed E-state index contributed by atoms with van der Waals surface area (Å²) >= 11 is 0. The van der Waals surface area contributed by atoms with Gasteiger partial charge in [0.15, 0.2) is 5.76 Å². The molecule has 4 rings (SSSR count). The summed E-state index contributed by atoms with van der Waals surface area (Å²) in [5.74, 6) is 1.87. The molecule has 2 fully saturated rings. The molecule has 5 nitrogen and oxygen atoms in total. The van der Waals surface area contributed by atoms with Crippen molar-refractivity contribution in [3.05, 3.63) is 54.0 Å². The van der Waals surface area contributed by atoms with Crippen molar-refractivity contribution in [1.82, 2.24) is 9.80 Å². The van der Waals surface area contributed by atoms with Crippen LogP contribution >= 0.6 is 0 Å². The van der Waals surface area contributed by atoms with Gasteiger partial charge in [-0.1, -0.05) is 12.1 Å². The van der Waals surface area contributed by atoms with Gasteiger partial charge in [-0.05, 0) is 69.1 Å². The van der Waals surface area contributed by atoms with Gasteiger partial charge >= 0.3 is 0 Å². The highest BCUT2D eigenvalue weighted by Gasteiger charge is 2.34. The van der Waals surface area contributed by atoms with E-state index >= 15 is 0 Å². The minimum Gasteiger partial charge on any atom is -0.493 e. The summed E-state index contributed by atoms with van der Waals surface area (Å²) < 4.78 is 11.4. The zero-order chi connectivity index (χ0) is 18.6. The smallest absolute Gasteiger partial charge is 0.290 e. The van der Waals surface area contributed by atoms with E-state index in [1.165, 1.54) is 19.4 Å². The molecule has 1 unspecified atom stereocenters. The largest absolute Gasteiger partial charge is 0.493 e. The lowest BCUT2D eigenvalue weighted by atomic mass is 9.99. The van der Waals surface area contributed by atoms with Crippen LogP contribution in [-0.2, 0) is 6.54 Å². The quantitative estimate of drug-likeness (QED) is 0.746. The van der Waals surface area contributed by atoms with Gasteiger partial charge in [0, 0.05) is 25.0 Å². The van der Waals surface area contributed by atoms with Gasteiger partial charge in [0.25, 0.3) is 5.91 Å². The average Bonchev–Trinajstić information content (AvgIpc) is 3.37. The van der Waals surface area contributed by atoms with Crippen LogP contribution < -0.4 is 4.74 Å². The molecule has 27 heavy (non-hydrogen) atoms. The molecule has 5 heteroatoms. The Hall–Kier alpha value is -2.27. The first-order valence-electron chi connectivity index (χ1n) is 9.94. The van der Waals surface area contributed by atoms with Gasteiger partial charge in [0.05, 0.1) is 12.9 Å². The molecule has 1 saturated carbocycles. The van der Waals surface area contributed by atoms with Gasteiger partial charge in [-0.2, -0.15) is 0 Å². The second-order valence-electron chi connectivity index (χ2n) is 7.87. The molecule has 0 radical (unpaired) electrons. The lowest BCUT2D eigenvalue weighted by Crippen LogP contribution is -2.34. The van der Waals surface area contributed by atoms with E-state index in [0.29, 0.717) is 24.3 Å². The van der Waals surface area contributed by atoms with Gasteiger partial charge < -0.3 is 19.0 Å². The summed E-state index contributed by atoms with van der Waals surface area (Å²) in [6.45, 7) is 3.64. The van der Waals surface area contributed by atoms with Crippen molar-refractivity contribution < 1.29 is 13.9 Å². The van der Waals surface area contributed by atoms with Gasteiger partial charge in [0.1, 0.15) is 5.75 Å². The van der Waals surface area contributed by atoms with E-state index in [2.05, 4.69) is 24.1 Å². The van der Waals surface area contributed by atoms with Crippen LogP contribution in [0.5, 0.6) is 5.75 Å². The lowest BCUT2D eigenvalue weighted by Gasteiger charge is -2.29. The number of rotatable bonds is 7. The predicted octanol–water partition coefficient (Wildman–Crippen LogP) is 3.81. The third-order valence-corrected chi connectivity index (χ3v) is 5.44. The first-order valence-corrected chi connectivity index (χ1v) is 9.94. The molecule has 1 amide bonds. The third kappa shape index (κ3) is 4.72. The number of carbonyl (C=O) groups excluding carboxylic acids is 1. The molecule has 2 aromatic rings. The van der Waals surface area contributed by atoms with E-state index < -0.39 is 0 Å². The van der Waals surface area contributed by atoms with Crippen LogP contribution in [0.2, 0.25) is 0 Å². The summed E-state index contributed by atoms with van der Waals surface area (Å²) in [5, 5.41) is 0. The second kappa shape index (κ2) is 8.17. The molecule has 1 aliphatic heterocycles. The number of likely N-dealkylation sites (tertiary alicyclic amines) is 1. The Morgan fingerprint density at radius 3 is 2.89 bits per heavy atom. The third-order valence-electron chi connectivity index (χ3n) is 5.44. The highest BCUT2D eigenvalue weighted by atomic mass is 16.5. The standard InChI is InChI=1S/C22H28N2O3/c1-23-11-3-6-18(14-23)16-27-20-7-2-5-17(13-20)15-24(19-9-10-19)22(25)21-8-4-12-26-21/h2,4-5,7-8,12-13,18-19H,3,6,9-11,14-16H2,1H3. The summed E-state index contributed by atoms with van der Waals surface area (Å²) in [5.41, 5.74) is 1.10. The summed E-state index contributed by atoms with van der Waals surface area (Å²) in [6.07, 6.45) is 6.16. The number of amides is 1. The van der Waals surface area contributed by atoms with Crippen LogP contribution in [0.3, 0.4) is 0 Å².